The van der Waals surface area contributed by atoms with Crippen molar-refractivity contribution >= 4 is 5.97 Å². The summed E-state index contributed by atoms with van der Waals surface area (Å²) in [5.41, 5.74) is 0.865. The van der Waals surface area contributed by atoms with Gasteiger partial charge in [0.1, 0.15) is 12.2 Å². The Balaban J connectivity index is 2.41. The molecule has 1 unspecified atom stereocenters. The minimum atomic E-state index is -0.364. The average Bonchev–Trinajstić information content (AvgIpc) is 2.21. The van der Waals surface area contributed by atoms with Crippen LogP contribution in [0.1, 0.15) is 33.6 Å². The molecule has 0 amide bonds. The molecule has 1 atom stereocenters. The molecule has 3 heteroatoms. The van der Waals surface area contributed by atoms with Gasteiger partial charge in [0, 0.05) is 6.08 Å². The molecule has 0 saturated heterocycles. The van der Waals surface area contributed by atoms with Crippen molar-refractivity contribution in [2.75, 3.05) is 6.61 Å². The van der Waals surface area contributed by atoms with Gasteiger partial charge in [0.15, 0.2) is 0 Å². The summed E-state index contributed by atoms with van der Waals surface area (Å²) < 4.78 is 10.6. The monoisotopic (exact) mass is 210 g/mol. The van der Waals surface area contributed by atoms with E-state index in [0.717, 1.165) is 12.8 Å². The molecule has 84 valence electrons. The summed E-state index contributed by atoms with van der Waals surface area (Å²) in [6, 6.07) is 0. The molecule has 1 aliphatic rings. The predicted molar refractivity (Wildman–Crippen MR) is 58.3 cm³/mol. The molecule has 0 spiro atoms. The van der Waals surface area contributed by atoms with Gasteiger partial charge in [-0.2, -0.15) is 0 Å². The van der Waals surface area contributed by atoms with Crippen LogP contribution in [0.15, 0.2) is 24.0 Å². The fourth-order valence-corrected chi connectivity index (χ4v) is 1.34. The first kappa shape index (κ1) is 11.8. The minimum absolute atomic E-state index is 0.306. The highest BCUT2D eigenvalue weighted by Gasteiger charge is 2.29. The predicted octanol–water partition coefficient (Wildman–Crippen LogP) is 2.58. The van der Waals surface area contributed by atoms with Crippen molar-refractivity contribution in [3.05, 3.63) is 24.0 Å². The number of carbonyl (C=O) groups is 1. The third-order valence-corrected chi connectivity index (χ3v) is 2.42. The maximum atomic E-state index is 11.1. The number of allylic oxidation sites excluding steroid dienone is 2. The zero-order chi connectivity index (χ0) is 11.3. The molecular weight excluding hydrogens is 192 g/mol. The first-order valence-electron chi connectivity index (χ1n) is 5.19. The van der Waals surface area contributed by atoms with Gasteiger partial charge in [-0.05, 0) is 39.2 Å². The summed E-state index contributed by atoms with van der Waals surface area (Å²) in [7, 11) is 0. The zero-order valence-corrected chi connectivity index (χ0v) is 9.58. The summed E-state index contributed by atoms with van der Waals surface area (Å²) in [6.07, 6.45) is 6.72. The fraction of sp³-hybridized carbons (Fsp3) is 0.583. The van der Waals surface area contributed by atoms with Gasteiger partial charge in [-0.1, -0.05) is 6.08 Å². The number of carbonyl (C=O) groups excluding carboxylic acids is 1. The van der Waals surface area contributed by atoms with Crippen LogP contribution in [0.25, 0.3) is 0 Å². The van der Waals surface area contributed by atoms with Gasteiger partial charge in [-0.3, -0.25) is 0 Å². The lowest BCUT2D eigenvalue weighted by molar-refractivity contribution is -0.146. The maximum Gasteiger partial charge on any atom is 0.330 e. The maximum absolute atomic E-state index is 11.1. The first-order chi connectivity index (χ1) is 7.06. The summed E-state index contributed by atoms with van der Waals surface area (Å²) >= 11 is 0. The fourth-order valence-electron chi connectivity index (χ4n) is 1.34. The van der Waals surface area contributed by atoms with Crippen molar-refractivity contribution in [2.24, 2.45) is 0 Å². The van der Waals surface area contributed by atoms with E-state index in [9.17, 15) is 4.79 Å². The van der Waals surface area contributed by atoms with Crippen LogP contribution in [0.4, 0.5) is 0 Å². The molecule has 1 aliphatic heterocycles. The number of hydrogen-bond donors (Lipinski definition) is 0. The van der Waals surface area contributed by atoms with Crippen molar-refractivity contribution in [2.45, 2.75) is 39.2 Å². The Labute approximate surface area is 90.8 Å². The van der Waals surface area contributed by atoms with E-state index in [-0.39, 0.29) is 11.6 Å². The van der Waals surface area contributed by atoms with Crippen LogP contribution in [-0.4, -0.2) is 18.2 Å². The van der Waals surface area contributed by atoms with Crippen LogP contribution in [0.3, 0.4) is 0 Å². The van der Waals surface area contributed by atoms with Gasteiger partial charge in [-0.15, -0.1) is 0 Å². The van der Waals surface area contributed by atoms with Gasteiger partial charge < -0.3 is 9.47 Å². The van der Waals surface area contributed by atoms with E-state index in [1.807, 2.05) is 13.8 Å². The Morgan fingerprint density at radius 1 is 1.73 bits per heavy atom. The van der Waals surface area contributed by atoms with E-state index in [2.05, 4.69) is 0 Å². The van der Waals surface area contributed by atoms with Crippen molar-refractivity contribution in [3.63, 3.8) is 0 Å². The molecule has 0 aliphatic carbocycles. The van der Waals surface area contributed by atoms with Crippen LogP contribution in [0, 0.1) is 0 Å². The van der Waals surface area contributed by atoms with Gasteiger partial charge in [0.2, 0.25) is 0 Å². The molecule has 0 saturated carbocycles. The lowest BCUT2D eigenvalue weighted by atomic mass is 9.96. The third-order valence-electron chi connectivity index (χ3n) is 2.42. The Morgan fingerprint density at radius 2 is 2.47 bits per heavy atom. The molecule has 0 radical (unpaired) electrons. The molecule has 0 fully saturated rings. The van der Waals surface area contributed by atoms with Crippen molar-refractivity contribution < 1.29 is 14.3 Å². The summed E-state index contributed by atoms with van der Waals surface area (Å²) in [5, 5.41) is 0. The second-order valence-electron chi connectivity index (χ2n) is 4.14. The third kappa shape index (κ3) is 3.78. The van der Waals surface area contributed by atoms with Crippen LogP contribution in [0.2, 0.25) is 0 Å². The average molecular weight is 210 g/mol. The molecule has 15 heavy (non-hydrogen) atoms. The highest BCUT2D eigenvalue weighted by Crippen LogP contribution is 2.26. The Morgan fingerprint density at radius 3 is 3.00 bits per heavy atom. The van der Waals surface area contributed by atoms with Crippen LogP contribution in [0.5, 0.6) is 0 Å². The Hall–Kier alpha value is -1.25. The number of hydrogen-bond acceptors (Lipinski definition) is 3. The van der Waals surface area contributed by atoms with Gasteiger partial charge in [-0.25, -0.2) is 4.79 Å². The Kier molecular flexibility index (Phi) is 3.95. The van der Waals surface area contributed by atoms with Crippen molar-refractivity contribution in [3.8, 4) is 0 Å². The normalized spacial score (nSPS) is 25.9. The van der Waals surface area contributed by atoms with Gasteiger partial charge >= 0.3 is 5.97 Å². The summed E-state index contributed by atoms with van der Waals surface area (Å²) in [4.78, 5) is 11.1. The molecule has 0 N–H and O–H groups in total. The van der Waals surface area contributed by atoms with Crippen molar-refractivity contribution in [1.29, 1.82) is 0 Å². The lowest BCUT2D eigenvalue weighted by Crippen LogP contribution is -2.35. The van der Waals surface area contributed by atoms with E-state index in [0.29, 0.717) is 6.61 Å². The van der Waals surface area contributed by atoms with E-state index >= 15 is 0 Å². The smallest absolute Gasteiger partial charge is 0.330 e. The molecule has 0 aromatic heterocycles. The second-order valence-corrected chi connectivity index (χ2v) is 4.14. The molecule has 0 aromatic rings. The van der Waals surface area contributed by atoms with Crippen LogP contribution in [-0.2, 0) is 14.3 Å². The quantitative estimate of drug-likeness (QED) is 0.530. The van der Waals surface area contributed by atoms with E-state index in [4.69, 9.17) is 9.47 Å². The molecular formula is C12H18O3. The van der Waals surface area contributed by atoms with Crippen molar-refractivity contribution in [1.82, 2.24) is 0 Å². The largest absolute Gasteiger partial charge is 0.492 e. The van der Waals surface area contributed by atoms with Gasteiger partial charge in [0.25, 0.3) is 0 Å². The lowest BCUT2D eigenvalue weighted by Gasteiger charge is -2.32. The van der Waals surface area contributed by atoms with Crippen LogP contribution < -0.4 is 0 Å². The zero-order valence-electron chi connectivity index (χ0n) is 9.58. The Bertz CT molecular complexity index is 291. The molecule has 1 rings (SSSR count). The standard InChI is InChI=1S/C12H18O3/c1-4-5-11(13)14-9-12(3)7-6-10(2)8-15-12/h4-5,8H,6-7,9H2,1-3H3/b5-4+. The summed E-state index contributed by atoms with van der Waals surface area (Å²) in [6.45, 7) is 6.08. The SMILES string of the molecule is C/C=C/C(=O)OCC1(C)CCC(C)=CO1. The molecule has 1 heterocycles. The van der Waals surface area contributed by atoms with E-state index in [1.165, 1.54) is 11.6 Å². The van der Waals surface area contributed by atoms with Gasteiger partial charge in [0.05, 0.1) is 6.26 Å². The van der Waals surface area contributed by atoms with E-state index in [1.54, 1.807) is 19.3 Å². The topological polar surface area (TPSA) is 35.5 Å². The molecule has 0 aromatic carbocycles. The molecule has 0 bridgehead atoms. The van der Waals surface area contributed by atoms with E-state index < -0.39 is 0 Å². The molecule has 3 nitrogen and oxygen atoms in total. The number of ether oxygens (including phenoxy) is 2. The highest BCUT2D eigenvalue weighted by atomic mass is 16.6. The minimum Gasteiger partial charge on any atom is -0.492 e. The second kappa shape index (κ2) is 5.01. The first-order valence-corrected chi connectivity index (χ1v) is 5.19. The number of rotatable bonds is 3. The summed E-state index contributed by atoms with van der Waals surface area (Å²) in [5.74, 6) is -0.311. The van der Waals surface area contributed by atoms with Crippen LogP contribution >= 0.6 is 0 Å². The number of esters is 1. The highest BCUT2D eigenvalue weighted by molar-refractivity contribution is 5.81.